The zero-order valence-corrected chi connectivity index (χ0v) is 12.0. The van der Waals surface area contributed by atoms with Gasteiger partial charge in [0.15, 0.2) is 11.6 Å². The number of nitrogen functional groups attached to an aromatic ring is 1. The predicted molar refractivity (Wildman–Crippen MR) is 78.0 cm³/mol. The summed E-state index contributed by atoms with van der Waals surface area (Å²) in [6.07, 6.45) is 8.21. The fraction of sp³-hybridized carbons (Fsp3) is 0.600. The van der Waals surface area contributed by atoms with Gasteiger partial charge in [0.2, 0.25) is 0 Å². The lowest BCUT2D eigenvalue weighted by Gasteiger charge is -2.44. The lowest BCUT2D eigenvalue weighted by atomic mass is 9.78. The van der Waals surface area contributed by atoms with E-state index in [2.05, 4.69) is 10.4 Å². The molecule has 21 heavy (non-hydrogen) atoms. The van der Waals surface area contributed by atoms with Gasteiger partial charge in [-0.1, -0.05) is 12.8 Å². The third-order valence-electron chi connectivity index (χ3n) is 4.76. The van der Waals surface area contributed by atoms with E-state index in [0.717, 1.165) is 19.3 Å². The van der Waals surface area contributed by atoms with Gasteiger partial charge in [-0.05, 0) is 37.7 Å². The molecule has 2 atom stereocenters. The van der Waals surface area contributed by atoms with Gasteiger partial charge in [-0.3, -0.25) is 4.79 Å². The first-order valence-electron chi connectivity index (χ1n) is 7.64. The third-order valence-corrected chi connectivity index (χ3v) is 4.76. The Balaban J connectivity index is 1.87. The quantitative estimate of drug-likeness (QED) is 0.648. The number of piperidine rings is 1. The zero-order valence-electron chi connectivity index (χ0n) is 12.0. The molecule has 2 heterocycles. The Labute approximate surface area is 123 Å². The molecular formula is C15H21FN4O. The molecule has 1 aromatic heterocycles. The van der Waals surface area contributed by atoms with Gasteiger partial charge in [-0.25, -0.2) is 15.2 Å². The molecule has 0 radical (unpaired) electrons. The summed E-state index contributed by atoms with van der Waals surface area (Å²) in [6.45, 7) is 0.715. The second kappa shape index (κ2) is 5.97. The Kier molecular flexibility index (Phi) is 4.05. The van der Waals surface area contributed by atoms with E-state index in [1.54, 1.807) is 0 Å². The van der Waals surface area contributed by atoms with E-state index >= 15 is 0 Å². The van der Waals surface area contributed by atoms with Crippen LogP contribution < -0.4 is 11.3 Å². The number of nitrogens with two attached hydrogens (primary N) is 1. The van der Waals surface area contributed by atoms with Crippen LogP contribution >= 0.6 is 0 Å². The van der Waals surface area contributed by atoms with Crippen LogP contribution in [0.3, 0.4) is 0 Å². The molecule has 2 aliphatic rings. The lowest BCUT2D eigenvalue weighted by Crippen LogP contribution is -2.49. The van der Waals surface area contributed by atoms with E-state index in [0.29, 0.717) is 12.5 Å². The van der Waals surface area contributed by atoms with Crippen molar-refractivity contribution in [2.24, 2.45) is 11.8 Å². The molecule has 3 rings (SSSR count). The summed E-state index contributed by atoms with van der Waals surface area (Å²) >= 11 is 0. The standard InChI is InChI=1S/C15H21FN4O/c16-13-11(7-8-18-14(13)19-17)15(21)20-9-3-5-10-4-1-2-6-12(10)20/h7-8,10,12H,1-6,9,17H2,(H,18,19). The number of anilines is 1. The minimum Gasteiger partial charge on any atom is -0.335 e. The molecule has 1 aliphatic heterocycles. The van der Waals surface area contributed by atoms with Crippen molar-refractivity contribution in [3.05, 3.63) is 23.6 Å². The summed E-state index contributed by atoms with van der Waals surface area (Å²) in [4.78, 5) is 18.4. The van der Waals surface area contributed by atoms with E-state index < -0.39 is 5.82 Å². The molecule has 3 N–H and O–H groups in total. The van der Waals surface area contributed by atoms with E-state index in [4.69, 9.17) is 5.84 Å². The SMILES string of the molecule is NNc1nccc(C(=O)N2CCCC3CCCCC32)c1F. The number of rotatable bonds is 2. The van der Waals surface area contributed by atoms with Crippen molar-refractivity contribution in [1.29, 1.82) is 0 Å². The molecule has 5 nitrogen and oxygen atoms in total. The summed E-state index contributed by atoms with van der Waals surface area (Å²) in [6, 6.07) is 1.70. The first kappa shape index (κ1) is 14.3. The number of fused-ring (bicyclic) bond motifs is 1. The fourth-order valence-electron chi connectivity index (χ4n) is 3.74. The summed E-state index contributed by atoms with van der Waals surface area (Å²) in [7, 11) is 0. The van der Waals surface area contributed by atoms with Gasteiger partial charge >= 0.3 is 0 Å². The smallest absolute Gasteiger partial charge is 0.257 e. The van der Waals surface area contributed by atoms with E-state index in [1.165, 1.54) is 31.5 Å². The Morgan fingerprint density at radius 1 is 1.33 bits per heavy atom. The van der Waals surface area contributed by atoms with Crippen LogP contribution in [0.5, 0.6) is 0 Å². The molecule has 1 aliphatic carbocycles. The zero-order chi connectivity index (χ0) is 14.8. The van der Waals surface area contributed by atoms with E-state index in [9.17, 15) is 9.18 Å². The third kappa shape index (κ3) is 2.60. The molecule has 2 unspecified atom stereocenters. The number of carbonyl (C=O) groups is 1. The number of hydrogen-bond donors (Lipinski definition) is 2. The molecule has 1 saturated carbocycles. The van der Waals surface area contributed by atoms with Gasteiger partial charge in [0.05, 0.1) is 5.56 Å². The number of nitrogens with one attached hydrogen (secondary N) is 1. The normalized spacial score (nSPS) is 25.3. The largest absolute Gasteiger partial charge is 0.335 e. The minimum absolute atomic E-state index is 0.0594. The molecule has 2 fully saturated rings. The molecule has 1 saturated heterocycles. The van der Waals surface area contributed by atoms with Crippen molar-refractivity contribution in [3.63, 3.8) is 0 Å². The fourth-order valence-corrected chi connectivity index (χ4v) is 3.74. The number of aromatic nitrogens is 1. The van der Waals surface area contributed by atoms with Gasteiger partial charge in [0.25, 0.3) is 5.91 Å². The first-order chi connectivity index (χ1) is 10.2. The Hall–Kier alpha value is -1.69. The molecular weight excluding hydrogens is 271 g/mol. The van der Waals surface area contributed by atoms with Crippen LogP contribution in [-0.2, 0) is 0 Å². The maximum absolute atomic E-state index is 14.2. The molecule has 6 heteroatoms. The van der Waals surface area contributed by atoms with Crippen molar-refractivity contribution in [2.45, 2.75) is 44.6 Å². The van der Waals surface area contributed by atoms with Crippen LogP contribution in [0.2, 0.25) is 0 Å². The monoisotopic (exact) mass is 292 g/mol. The highest BCUT2D eigenvalue weighted by Gasteiger charge is 2.36. The molecule has 0 aromatic carbocycles. The second-order valence-corrected chi connectivity index (χ2v) is 5.92. The number of hydrogen-bond acceptors (Lipinski definition) is 4. The van der Waals surface area contributed by atoms with Crippen molar-refractivity contribution < 1.29 is 9.18 Å². The number of hydrazine groups is 1. The maximum atomic E-state index is 14.2. The molecule has 114 valence electrons. The lowest BCUT2D eigenvalue weighted by molar-refractivity contribution is 0.0386. The Bertz CT molecular complexity index is 534. The van der Waals surface area contributed by atoms with Crippen molar-refractivity contribution >= 4 is 11.7 Å². The van der Waals surface area contributed by atoms with Gasteiger partial charge in [-0.2, -0.15) is 0 Å². The van der Waals surface area contributed by atoms with Gasteiger partial charge in [0.1, 0.15) is 0 Å². The number of carbonyl (C=O) groups excluding carboxylic acids is 1. The highest BCUT2D eigenvalue weighted by Crippen LogP contribution is 2.36. The first-order valence-corrected chi connectivity index (χ1v) is 7.64. The van der Waals surface area contributed by atoms with Crippen LogP contribution in [0, 0.1) is 11.7 Å². The Morgan fingerprint density at radius 2 is 2.10 bits per heavy atom. The number of nitrogens with zero attached hydrogens (tertiary/aromatic N) is 2. The average Bonchev–Trinajstić information content (AvgIpc) is 2.54. The summed E-state index contributed by atoms with van der Waals surface area (Å²) in [5.74, 6) is 4.82. The summed E-state index contributed by atoms with van der Waals surface area (Å²) in [5, 5.41) is 0. The second-order valence-electron chi connectivity index (χ2n) is 5.92. The number of amides is 1. The van der Waals surface area contributed by atoms with Crippen LogP contribution in [0.15, 0.2) is 12.3 Å². The molecule has 1 amide bonds. The number of halogens is 1. The highest BCUT2D eigenvalue weighted by molar-refractivity contribution is 5.95. The van der Waals surface area contributed by atoms with Gasteiger partial charge < -0.3 is 10.3 Å². The van der Waals surface area contributed by atoms with Crippen LogP contribution in [0.1, 0.15) is 48.9 Å². The predicted octanol–water partition coefficient (Wildman–Crippen LogP) is 2.30. The van der Waals surface area contributed by atoms with Gasteiger partial charge in [0, 0.05) is 18.8 Å². The minimum atomic E-state index is -0.664. The maximum Gasteiger partial charge on any atom is 0.257 e. The average molecular weight is 292 g/mol. The number of pyridine rings is 1. The van der Waals surface area contributed by atoms with Crippen LogP contribution in [-0.4, -0.2) is 28.4 Å². The molecule has 0 bridgehead atoms. The van der Waals surface area contributed by atoms with Gasteiger partial charge in [-0.15, -0.1) is 0 Å². The van der Waals surface area contributed by atoms with Crippen molar-refractivity contribution in [3.8, 4) is 0 Å². The topological polar surface area (TPSA) is 71.2 Å². The molecule has 0 spiro atoms. The highest BCUT2D eigenvalue weighted by atomic mass is 19.1. The summed E-state index contributed by atoms with van der Waals surface area (Å²) < 4.78 is 14.2. The Morgan fingerprint density at radius 3 is 2.90 bits per heavy atom. The summed E-state index contributed by atoms with van der Waals surface area (Å²) in [5.41, 5.74) is 2.25. The van der Waals surface area contributed by atoms with E-state index in [1.807, 2.05) is 4.90 Å². The molecule has 1 aromatic rings. The van der Waals surface area contributed by atoms with Crippen molar-refractivity contribution in [2.75, 3.05) is 12.0 Å². The van der Waals surface area contributed by atoms with Crippen LogP contribution in [0.25, 0.3) is 0 Å². The van der Waals surface area contributed by atoms with Crippen molar-refractivity contribution in [1.82, 2.24) is 9.88 Å². The number of likely N-dealkylation sites (tertiary alicyclic amines) is 1. The van der Waals surface area contributed by atoms with E-state index in [-0.39, 0.29) is 23.3 Å². The van der Waals surface area contributed by atoms with Crippen LogP contribution in [0.4, 0.5) is 10.2 Å².